The Morgan fingerprint density at radius 1 is 1.30 bits per heavy atom. The summed E-state index contributed by atoms with van der Waals surface area (Å²) >= 11 is 11.9. The number of benzene rings is 1. The molecule has 1 aromatic carbocycles. The van der Waals surface area contributed by atoms with Crippen molar-refractivity contribution in [1.82, 2.24) is 5.32 Å². The van der Waals surface area contributed by atoms with E-state index in [1.165, 1.54) is 12.1 Å². The molecule has 0 aromatic heterocycles. The zero-order valence-corrected chi connectivity index (χ0v) is 12.5. The van der Waals surface area contributed by atoms with Crippen molar-refractivity contribution in [3.8, 4) is 0 Å². The highest BCUT2D eigenvalue weighted by Crippen LogP contribution is 2.29. The lowest BCUT2D eigenvalue weighted by atomic mass is 9.87. The first-order valence-electron chi connectivity index (χ1n) is 6.68. The molecule has 1 amide bonds. The number of hydrogen-bond donors (Lipinski definition) is 3. The van der Waals surface area contributed by atoms with E-state index in [1.807, 2.05) is 0 Å². The Morgan fingerprint density at radius 3 is 2.60 bits per heavy atom. The number of anilines is 1. The number of carbonyl (C=O) groups is 1. The van der Waals surface area contributed by atoms with Gasteiger partial charge >= 0.3 is 0 Å². The zero-order chi connectivity index (χ0) is 14.7. The first-order valence-corrected chi connectivity index (χ1v) is 7.43. The lowest BCUT2D eigenvalue weighted by Gasteiger charge is -2.25. The minimum absolute atomic E-state index is 0.191. The molecule has 0 aliphatic heterocycles. The Hall–Kier alpha value is -0.970. The Morgan fingerprint density at radius 2 is 1.95 bits per heavy atom. The Bertz CT molecular complexity index is 500. The van der Waals surface area contributed by atoms with Crippen molar-refractivity contribution in [3.05, 3.63) is 27.7 Å². The SMILES string of the molecule is Nc1cc(Cl)c(Cl)c(C(=O)NCC2CCC(O)CC2)c1. The molecule has 1 aliphatic rings. The van der Waals surface area contributed by atoms with E-state index in [0.29, 0.717) is 23.7 Å². The predicted octanol–water partition coefficient (Wildman–Crippen LogP) is 2.86. The summed E-state index contributed by atoms with van der Waals surface area (Å²) < 4.78 is 0. The molecule has 0 radical (unpaired) electrons. The molecule has 6 heteroatoms. The predicted molar refractivity (Wildman–Crippen MR) is 81.2 cm³/mol. The molecule has 0 heterocycles. The standard InChI is InChI=1S/C14H18Cl2N2O2/c15-12-6-9(17)5-11(13(12)16)14(20)18-7-8-1-3-10(19)4-2-8/h5-6,8,10,19H,1-4,7,17H2,(H,18,20). The van der Waals surface area contributed by atoms with Crippen LogP contribution in [0.5, 0.6) is 0 Å². The van der Waals surface area contributed by atoms with Crippen molar-refractivity contribution in [2.24, 2.45) is 5.92 Å². The van der Waals surface area contributed by atoms with Gasteiger partial charge in [-0.05, 0) is 43.7 Å². The second-order valence-corrected chi connectivity index (χ2v) is 6.03. The number of nitrogens with two attached hydrogens (primary N) is 1. The van der Waals surface area contributed by atoms with Crippen molar-refractivity contribution in [1.29, 1.82) is 0 Å². The summed E-state index contributed by atoms with van der Waals surface area (Å²) in [7, 11) is 0. The minimum Gasteiger partial charge on any atom is -0.399 e. The van der Waals surface area contributed by atoms with Crippen molar-refractivity contribution in [2.75, 3.05) is 12.3 Å². The number of aliphatic hydroxyl groups excluding tert-OH is 1. The van der Waals surface area contributed by atoms with Crippen molar-refractivity contribution >= 4 is 34.8 Å². The van der Waals surface area contributed by atoms with Gasteiger partial charge in [0.15, 0.2) is 0 Å². The van der Waals surface area contributed by atoms with Crippen LogP contribution < -0.4 is 11.1 Å². The number of halogens is 2. The number of aliphatic hydroxyl groups is 1. The number of carbonyl (C=O) groups excluding carboxylic acids is 1. The fraction of sp³-hybridized carbons (Fsp3) is 0.500. The molecule has 0 saturated heterocycles. The maximum absolute atomic E-state index is 12.1. The van der Waals surface area contributed by atoms with Gasteiger partial charge in [-0.1, -0.05) is 23.2 Å². The van der Waals surface area contributed by atoms with E-state index >= 15 is 0 Å². The Labute approximate surface area is 128 Å². The third-order valence-electron chi connectivity index (χ3n) is 3.66. The van der Waals surface area contributed by atoms with E-state index in [4.69, 9.17) is 28.9 Å². The van der Waals surface area contributed by atoms with Crippen LogP contribution in [0.4, 0.5) is 5.69 Å². The number of amides is 1. The third kappa shape index (κ3) is 3.78. The third-order valence-corrected chi connectivity index (χ3v) is 4.46. The van der Waals surface area contributed by atoms with Gasteiger partial charge in [-0.15, -0.1) is 0 Å². The van der Waals surface area contributed by atoms with Crippen LogP contribution in [0.2, 0.25) is 10.0 Å². The molecular formula is C14H18Cl2N2O2. The Balaban J connectivity index is 1.95. The average molecular weight is 317 g/mol. The number of hydrogen-bond acceptors (Lipinski definition) is 3. The summed E-state index contributed by atoms with van der Waals surface area (Å²) in [6.07, 6.45) is 3.25. The number of nitrogen functional groups attached to an aromatic ring is 1. The quantitative estimate of drug-likeness (QED) is 0.750. The molecule has 4 N–H and O–H groups in total. The topological polar surface area (TPSA) is 75.4 Å². The van der Waals surface area contributed by atoms with Gasteiger partial charge in [-0.2, -0.15) is 0 Å². The van der Waals surface area contributed by atoms with Gasteiger partial charge in [0, 0.05) is 12.2 Å². The molecule has 110 valence electrons. The molecule has 4 nitrogen and oxygen atoms in total. The van der Waals surface area contributed by atoms with Gasteiger partial charge in [-0.3, -0.25) is 4.79 Å². The fourth-order valence-corrected chi connectivity index (χ4v) is 2.88. The fourth-order valence-electron chi connectivity index (χ4n) is 2.46. The number of nitrogens with one attached hydrogen (secondary N) is 1. The highest BCUT2D eigenvalue weighted by atomic mass is 35.5. The first-order chi connectivity index (χ1) is 9.47. The van der Waals surface area contributed by atoms with Crippen molar-refractivity contribution < 1.29 is 9.90 Å². The zero-order valence-electron chi connectivity index (χ0n) is 11.0. The van der Waals surface area contributed by atoms with Gasteiger partial charge in [0.2, 0.25) is 0 Å². The highest BCUT2D eigenvalue weighted by Gasteiger charge is 2.21. The summed E-state index contributed by atoms with van der Waals surface area (Å²) in [5.41, 5.74) is 6.38. The molecule has 0 spiro atoms. The summed E-state index contributed by atoms with van der Waals surface area (Å²) in [6, 6.07) is 3.04. The number of rotatable bonds is 3. The summed E-state index contributed by atoms with van der Waals surface area (Å²) in [6.45, 7) is 0.578. The van der Waals surface area contributed by atoms with Gasteiger partial charge in [0.25, 0.3) is 5.91 Å². The second kappa shape index (κ2) is 6.66. The normalized spacial score (nSPS) is 22.6. The first kappa shape index (κ1) is 15.4. The van der Waals surface area contributed by atoms with Crippen LogP contribution in [0, 0.1) is 5.92 Å². The average Bonchev–Trinajstić information content (AvgIpc) is 2.42. The van der Waals surface area contributed by atoms with Gasteiger partial charge in [0.05, 0.1) is 21.7 Å². The van der Waals surface area contributed by atoms with Crippen LogP contribution >= 0.6 is 23.2 Å². The lowest BCUT2D eigenvalue weighted by molar-refractivity contribution is 0.0910. The van der Waals surface area contributed by atoms with Crippen LogP contribution in [0.3, 0.4) is 0 Å². The van der Waals surface area contributed by atoms with Crippen LogP contribution in [0.25, 0.3) is 0 Å². The second-order valence-electron chi connectivity index (χ2n) is 5.25. The van der Waals surface area contributed by atoms with Crippen LogP contribution in [-0.4, -0.2) is 23.7 Å². The van der Waals surface area contributed by atoms with Gasteiger partial charge < -0.3 is 16.2 Å². The molecule has 0 unspecified atom stereocenters. The molecule has 1 fully saturated rings. The highest BCUT2D eigenvalue weighted by molar-refractivity contribution is 6.44. The van der Waals surface area contributed by atoms with Crippen LogP contribution in [0.1, 0.15) is 36.0 Å². The van der Waals surface area contributed by atoms with Crippen molar-refractivity contribution in [2.45, 2.75) is 31.8 Å². The molecule has 20 heavy (non-hydrogen) atoms. The molecule has 0 atom stereocenters. The minimum atomic E-state index is -0.268. The van der Waals surface area contributed by atoms with Crippen molar-refractivity contribution in [3.63, 3.8) is 0 Å². The van der Waals surface area contributed by atoms with E-state index in [2.05, 4.69) is 5.32 Å². The van der Waals surface area contributed by atoms with E-state index in [1.54, 1.807) is 0 Å². The van der Waals surface area contributed by atoms with E-state index in [9.17, 15) is 9.90 Å². The molecular weight excluding hydrogens is 299 g/mol. The monoisotopic (exact) mass is 316 g/mol. The summed E-state index contributed by atoms with van der Waals surface area (Å²) in [5, 5.41) is 12.8. The van der Waals surface area contributed by atoms with Crippen LogP contribution in [-0.2, 0) is 0 Å². The Kier molecular flexibility index (Phi) is 5.13. The van der Waals surface area contributed by atoms with Gasteiger partial charge in [-0.25, -0.2) is 0 Å². The molecule has 0 bridgehead atoms. The van der Waals surface area contributed by atoms with Crippen LogP contribution in [0.15, 0.2) is 12.1 Å². The van der Waals surface area contributed by atoms with Gasteiger partial charge in [0.1, 0.15) is 0 Å². The largest absolute Gasteiger partial charge is 0.399 e. The lowest BCUT2D eigenvalue weighted by Crippen LogP contribution is -2.32. The molecule has 2 rings (SSSR count). The van der Waals surface area contributed by atoms with E-state index < -0.39 is 0 Å². The summed E-state index contributed by atoms with van der Waals surface area (Å²) in [5.74, 6) is 0.132. The molecule has 1 aliphatic carbocycles. The smallest absolute Gasteiger partial charge is 0.252 e. The maximum Gasteiger partial charge on any atom is 0.252 e. The maximum atomic E-state index is 12.1. The van der Waals surface area contributed by atoms with E-state index in [-0.39, 0.29) is 22.1 Å². The summed E-state index contributed by atoms with van der Waals surface area (Å²) in [4.78, 5) is 12.1. The van der Waals surface area contributed by atoms with E-state index in [0.717, 1.165) is 25.7 Å². The molecule has 1 aromatic rings. The molecule has 1 saturated carbocycles.